The summed E-state index contributed by atoms with van der Waals surface area (Å²) in [5, 5.41) is 0. The lowest BCUT2D eigenvalue weighted by Gasteiger charge is -2.22. The summed E-state index contributed by atoms with van der Waals surface area (Å²) in [7, 11) is 0. The van der Waals surface area contributed by atoms with Crippen molar-refractivity contribution in [3.05, 3.63) is 0 Å². The lowest BCUT2D eigenvalue weighted by atomic mass is 10.1. The molecule has 7 heteroatoms. The van der Waals surface area contributed by atoms with E-state index < -0.39 is 42.5 Å². The predicted octanol–water partition coefficient (Wildman–Crippen LogP) is 0.158. The van der Waals surface area contributed by atoms with E-state index >= 15 is 0 Å². The van der Waals surface area contributed by atoms with Gasteiger partial charge in [-0.05, 0) is 6.92 Å². The Balaban J connectivity index is 2.83. The number of carbonyl (C=O) groups excluding carboxylic acids is 3. The van der Waals surface area contributed by atoms with Crippen LogP contribution in [0.4, 0.5) is 0 Å². The molecule has 1 aliphatic rings. The normalized spacial score (nSPS) is 30.7. The zero-order valence-corrected chi connectivity index (χ0v) is 10.7. The summed E-state index contributed by atoms with van der Waals surface area (Å²) in [5.41, 5.74) is 0. The number of rotatable bonds is 3. The fraction of sp³-hybridized carbons (Fsp3) is 0.727. The van der Waals surface area contributed by atoms with E-state index in [-0.39, 0.29) is 0 Å². The number of ether oxygens (including phenoxy) is 4. The number of carbonyl (C=O) groups is 3. The molecule has 0 radical (unpaired) electrons. The summed E-state index contributed by atoms with van der Waals surface area (Å²) in [6, 6.07) is 0. The molecule has 0 amide bonds. The van der Waals surface area contributed by atoms with Crippen molar-refractivity contribution in [3.63, 3.8) is 0 Å². The topological polar surface area (TPSA) is 88.1 Å². The molecule has 1 saturated heterocycles. The van der Waals surface area contributed by atoms with Crippen LogP contribution in [0.2, 0.25) is 0 Å². The molecule has 102 valence electrons. The average Bonchev–Trinajstić information content (AvgIpc) is 2.43. The third kappa shape index (κ3) is 3.69. The van der Waals surface area contributed by atoms with Gasteiger partial charge in [-0.2, -0.15) is 0 Å². The quantitative estimate of drug-likeness (QED) is 0.527. The van der Waals surface area contributed by atoms with Crippen LogP contribution in [0.25, 0.3) is 0 Å². The first-order valence-corrected chi connectivity index (χ1v) is 5.48. The van der Waals surface area contributed by atoms with Crippen molar-refractivity contribution in [1.29, 1.82) is 0 Å². The van der Waals surface area contributed by atoms with Gasteiger partial charge in [0.2, 0.25) is 12.4 Å². The summed E-state index contributed by atoms with van der Waals surface area (Å²) in [5.74, 6) is -1.68. The molecule has 1 aliphatic heterocycles. The van der Waals surface area contributed by atoms with Crippen LogP contribution in [0.1, 0.15) is 27.7 Å². The number of hydrogen-bond acceptors (Lipinski definition) is 7. The second-order valence-electron chi connectivity index (χ2n) is 3.97. The van der Waals surface area contributed by atoms with Gasteiger partial charge in [0.05, 0.1) is 6.10 Å². The van der Waals surface area contributed by atoms with Crippen LogP contribution in [0.5, 0.6) is 0 Å². The Kier molecular flexibility index (Phi) is 4.66. The first-order valence-electron chi connectivity index (χ1n) is 5.48. The molecule has 0 aromatic rings. The highest BCUT2D eigenvalue weighted by molar-refractivity contribution is 5.68. The minimum absolute atomic E-state index is 0.531. The molecule has 0 saturated carbocycles. The minimum atomic E-state index is -1.06. The Morgan fingerprint density at radius 2 is 1.28 bits per heavy atom. The maximum atomic E-state index is 11.0. The Bertz CT molecular complexity index is 351. The second-order valence-corrected chi connectivity index (χ2v) is 3.97. The molecule has 1 rings (SSSR count). The van der Waals surface area contributed by atoms with E-state index in [1.807, 2.05) is 0 Å². The Morgan fingerprint density at radius 3 is 1.72 bits per heavy atom. The highest BCUT2D eigenvalue weighted by Crippen LogP contribution is 2.27. The van der Waals surface area contributed by atoms with Crippen LogP contribution in [-0.4, -0.2) is 42.5 Å². The molecule has 0 aliphatic carbocycles. The van der Waals surface area contributed by atoms with E-state index in [2.05, 4.69) is 0 Å². The molecule has 0 unspecified atom stereocenters. The fourth-order valence-corrected chi connectivity index (χ4v) is 1.72. The lowest BCUT2D eigenvalue weighted by Crippen LogP contribution is -2.40. The van der Waals surface area contributed by atoms with E-state index in [0.29, 0.717) is 0 Å². The van der Waals surface area contributed by atoms with E-state index in [4.69, 9.17) is 18.9 Å². The van der Waals surface area contributed by atoms with Gasteiger partial charge in [0, 0.05) is 20.8 Å². The van der Waals surface area contributed by atoms with Gasteiger partial charge in [-0.1, -0.05) is 0 Å². The van der Waals surface area contributed by atoms with Crippen molar-refractivity contribution in [1.82, 2.24) is 0 Å². The standard InChI is InChI=1S/C11H16O7/c1-5-9(16-6(2)12)10(17-7(3)13)11(15-5)18-8(4)14/h5,9-11H,1-4H3/t5-,9-,10+,11-/m1/s1. The predicted molar refractivity (Wildman–Crippen MR) is 57.2 cm³/mol. The largest absolute Gasteiger partial charge is 0.456 e. The third-order valence-corrected chi connectivity index (χ3v) is 2.29. The third-order valence-electron chi connectivity index (χ3n) is 2.29. The second kappa shape index (κ2) is 5.81. The first kappa shape index (κ1) is 14.4. The summed E-state index contributed by atoms with van der Waals surface area (Å²) < 4.78 is 20.2. The van der Waals surface area contributed by atoms with E-state index in [1.165, 1.54) is 20.8 Å². The van der Waals surface area contributed by atoms with Crippen molar-refractivity contribution in [2.24, 2.45) is 0 Å². The zero-order valence-electron chi connectivity index (χ0n) is 10.7. The van der Waals surface area contributed by atoms with Crippen molar-refractivity contribution < 1.29 is 33.3 Å². The molecule has 7 nitrogen and oxygen atoms in total. The fourth-order valence-electron chi connectivity index (χ4n) is 1.72. The number of hydrogen-bond donors (Lipinski definition) is 0. The smallest absolute Gasteiger partial charge is 0.305 e. The van der Waals surface area contributed by atoms with Crippen molar-refractivity contribution in [3.8, 4) is 0 Å². The van der Waals surface area contributed by atoms with Crippen LogP contribution in [0.15, 0.2) is 0 Å². The van der Waals surface area contributed by atoms with Gasteiger partial charge < -0.3 is 18.9 Å². The van der Waals surface area contributed by atoms with Crippen LogP contribution < -0.4 is 0 Å². The highest BCUT2D eigenvalue weighted by atomic mass is 16.7. The molecule has 0 N–H and O–H groups in total. The zero-order chi connectivity index (χ0) is 13.9. The van der Waals surface area contributed by atoms with Gasteiger partial charge in [-0.15, -0.1) is 0 Å². The molecular formula is C11H16O7. The van der Waals surface area contributed by atoms with E-state index in [9.17, 15) is 14.4 Å². The van der Waals surface area contributed by atoms with Crippen molar-refractivity contribution in [2.75, 3.05) is 0 Å². The van der Waals surface area contributed by atoms with E-state index in [0.717, 1.165) is 0 Å². The van der Waals surface area contributed by atoms with Gasteiger partial charge in [-0.3, -0.25) is 14.4 Å². The Labute approximate surface area is 104 Å². The van der Waals surface area contributed by atoms with Gasteiger partial charge in [0.15, 0.2) is 6.10 Å². The summed E-state index contributed by atoms with van der Waals surface area (Å²) in [6.07, 6.45) is -3.35. The van der Waals surface area contributed by atoms with Gasteiger partial charge in [-0.25, -0.2) is 0 Å². The molecule has 4 atom stereocenters. The van der Waals surface area contributed by atoms with E-state index in [1.54, 1.807) is 6.92 Å². The highest BCUT2D eigenvalue weighted by Gasteiger charge is 2.49. The lowest BCUT2D eigenvalue weighted by molar-refractivity contribution is -0.194. The summed E-state index contributed by atoms with van der Waals surface area (Å²) in [6.45, 7) is 5.28. The maximum absolute atomic E-state index is 11.0. The van der Waals surface area contributed by atoms with Crippen molar-refractivity contribution >= 4 is 17.9 Å². The van der Waals surface area contributed by atoms with Crippen LogP contribution in [0.3, 0.4) is 0 Å². The maximum Gasteiger partial charge on any atom is 0.305 e. The molecule has 0 bridgehead atoms. The molecule has 0 aromatic carbocycles. The first-order chi connectivity index (χ1) is 8.31. The van der Waals surface area contributed by atoms with Crippen LogP contribution in [-0.2, 0) is 33.3 Å². The number of esters is 3. The molecule has 1 heterocycles. The molecule has 18 heavy (non-hydrogen) atoms. The molecule has 0 spiro atoms. The summed E-state index contributed by atoms with van der Waals surface area (Å²) in [4.78, 5) is 32.9. The van der Waals surface area contributed by atoms with Gasteiger partial charge in [0.25, 0.3) is 0 Å². The average molecular weight is 260 g/mol. The molecular weight excluding hydrogens is 244 g/mol. The van der Waals surface area contributed by atoms with Crippen LogP contribution >= 0.6 is 0 Å². The summed E-state index contributed by atoms with van der Waals surface area (Å²) >= 11 is 0. The van der Waals surface area contributed by atoms with Gasteiger partial charge >= 0.3 is 17.9 Å². The Morgan fingerprint density at radius 1 is 0.833 bits per heavy atom. The monoisotopic (exact) mass is 260 g/mol. The van der Waals surface area contributed by atoms with Gasteiger partial charge in [0.1, 0.15) is 0 Å². The molecule has 1 fully saturated rings. The molecule has 0 aromatic heterocycles. The Hall–Kier alpha value is -1.63. The SMILES string of the molecule is CC(=O)O[C@H]1O[C@H](C)[C@@H](OC(C)=O)[C@@H]1OC(C)=O. The van der Waals surface area contributed by atoms with Crippen molar-refractivity contribution in [2.45, 2.75) is 52.3 Å². The minimum Gasteiger partial charge on any atom is -0.456 e. The van der Waals surface area contributed by atoms with Crippen LogP contribution in [0, 0.1) is 0 Å².